The van der Waals surface area contributed by atoms with Gasteiger partial charge in [0.2, 0.25) is 0 Å². The van der Waals surface area contributed by atoms with Gasteiger partial charge in [0, 0.05) is 17.0 Å². The van der Waals surface area contributed by atoms with Crippen molar-refractivity contribution in [2.45, 2.75) is 31.1 Å². The smallest absolute Gasteiger partial charge is 0.155 e. The third-order valence-corrected chi connectivity index (χ3v) is 5.27. The molecule has 0 amide bonds. The first kappa shape index (κ1) is 19.1. The Hall–Kier alpha value is -2.72. The van der Waals surface area contributed by atoms with E-state index < -0.39 is 17.2 Å². The molecular weight excluding hydrogens is 366 g/mol. The van der Waals surface area contributed by atoms with Crippen molar-refractivity contribution in [3.63, 3.8) is 0 Å². The van der Waals surface area contributed by atoms with Crippen molar-refractivity contribution in [2.24, 2.45) is 10.7 Å². The molecule has 2 heterocycles. The van der Waals surface area contributed by atoms with Gasteiger partial charge < -0.3 is 5.73 Å². The summed E-state index contributed by atoms with van der Waals surface area (Å²) in [7, 11) is 0. The van der Waals surface area contributed by atoms with E-state index in [-0.39, 0.29) is 10.9 Å². The number of hydrogen-bond acceptors (Lipinski definition) is 5. The monoisotopic (exact) mass is 384 g/mol. The number of halogens is 2. The van der Waals surface area contributed by atoms with Gasteiger partial charge in [-0.15, -0.1) is 0 Å². The number of aliphatic imine (C=N–C) groups is 1. The van der Waals surface area contributed by atoms with E-state index in [1.54, 1.807) is 6.07 Å². The van der Waals surface area contributed by atoms with Crippen molar-refractivity contribution in [3.05, 3.63) is 64.7 Å². The van der Waals surface area contributed by atoms with Crippen LogP contribution in [0.2, 0.25) is 0 Å². The summed E-state index contributed by atoms with van der Waals surface area (Å²) < 4.78 is 29.0. The van der Waals surface area contributed by atoms with Gasteiger partial charge in [0.05, 0.1) is 16.8 Å². The van der Waals surface area contributed by atoms with Gasteiger partial charge in [0.25, 0.3) is 0 Å². The summed E-state index contributed by atoms with van der Waals surface area (Å²) in [6.07, 6.45) is 3.22. The molecular formula is C20H18F2N4S. The summed E-state index contributed by atoms with van der Waals surface area (Å²) in [5.74, 6) is -0.972. The Bertz CT molecular complexity index is 963. The number of amidine groups is 1. The molecule has 2 atom stereocenters. The summed E-state index contributed by atoms with van der Waals surface area (Å²) in [6.45, 7) is 3.85. The van der Waals surface area contributed by atoms with Crippen LogP contribution in [0.15, 0.2) is 41.5 Å². The average molecular weight is 384 g/mol. The maximum Gasteiger partial charge on any atom is 0.155 e. The van der Waals surface area contributed by atoms with Gasteiger partial charge >= 0.3 is 0 Å². The molecule has 138 valence electrons. The molecule has 1 aliphatic heterocycles. The van der Waals surface area contributed by atoms with Gasteiger partial charge in [-0.3, -0.25) is 9.98 Å². The molecule has 2 aromatic rings. The van der Waals surface area contributed by atoms with Gasteiger partial charge in [-0.05, 0) is 49.2 Å². The number of nitriles is 1. The number of aromatic nitrogens is 1. The van der Waals surface area contributed by atoms with Crippen LogP contribution < -0.4 is 5.73 Å². The van der Waals surface area contributed by atoms with Crippen LogP contribution in [-0.2, 0) is 5.54 Å². The highest BCUT2D eigenvalue weighted by atomic mass is 32.2. The second-order valence-electron chi connectivity index (χ2n) is 6.63. The minimum atomic E-state index is -0.800. The number of nitrogens with zero attached hydrogens (tertiary/aromatic N) is 3. The van der Waals surface area contributed by atoms with Gasteiger partial charge in [0.15, 0.2) is 5.17 Å². The van der Waals surface area contributed by atoms with Crippen molar-refractivity contribution in [2.75, 3.05) is 0 Å². The Morgan fingerprint density at radius 1 is 1.41 bits per heavy atom. The van der Waals surface area contributed by atoms with Gasteiger partial charge in [-0.25, -0.2) is 8.78 Å². The summed E-state index contributed by atoms with van der Waals surface area (Å²) in [5.41, 5.74) is 6.43. The summed E-state index contributed by atoms with van der Waals surface area (Å²) >= 11 is 1.46. The van der Waals surface area contributed by atoms with Crippen molar-refractivity contribution in [1.82, 2.24) is 4.98 Å². The van der Waals surface area contributed by atoms with Gasteiger partial charge in [-0.2, -0.15) is 5.26 Å². The summed E-state index contributed by atoms with van der Waals surface area (Å²) in [6, 6.07) is 9.26. The largest absolute Gasteiger partial charge is 0.379 e. The van der Waals surface area contributed by atoms with Gasteiger partial charge in [-0.1, -0.05) is 24.8 Å². The number of benzene rings is 1. The molecule has 0 spiro atoms. The fourth-order valence-electron chi connectivity index (χ4n) is 3.16. The fraction of sp³-hybridized carbons (Fsp3) is 0.250. The van der Waals surface area contributed by atoms with Crippen LogP contribution >= 0.6 is 11.8 Å². The predicted molar refractivity (Wildman–Crippen MR) is 105 cm³/mol. The third kappa shape index (κ3) is 4.17. The maximum absolute atomic E-state index is 14.5. The van der Waals surface area contributed by atoms with E-state index in [4.69, 9.17) is 11.0 Å². The van der Waals surface area contributed by atoms with Crippen LogP contribution in [0.5, 0.6) is 0 Å². The summed E-state index contributed by atoms with van der Waals surface area (Å²) in [4.78, 5) is 8.38. The molecule has 0 aliphatic carbocycles. The first-order valence-corrected chi connectivity index (χ1v) is 9.24. The second-order valence-corrected chi connectivity index (χ2v) is 8.09. The molecule has 3 rings (SSSR count). The average Bonchev–Trinajstić information content (AvgIpc) is 2.62. The SMILES string of the molecule is C[C@H]1C[C@@](C)(c2cc(/C=C(\F)c3ccc(C#N)cn3)ccc2F)N=C(N)S1. The Kier molecular flexibility index (Phi) is 5.29. The van der Waals surface area contributed by atoms with E-state index >= 15 is 0 Å². The molecule has 0 radical (unpaired) electrons. The van der Waals surface area contributed by atoms with E-state index in [0.717, 1.165) is 0 Å². The number of pyridine rings is 1. The lowest BCUT2D eigenvalue weighted by Gasteiger charge is -2.33. The van der Waals surface area contributed by atoms with E-state index in [0.29, 0.717) is 28.3 Å². The van der Waals surface area contributed by atoms with E-state index in [2.05, 4.69) is 9.98 Å². The van der Waals surface area contributed by atoms with Crippen LogP contribution in [0.3, 0.4) is 0 Å². The van der Waals surface area contributed by atoms with E-state index in [1.165, 1.54) is 48.3 Å². The molecule has 2 N–H and O–H groups in total. The lowest BCUT2D eigenvalue weighted by molar-refractivity contribution is 0.427. The molecule has 0 saturated heterocycles. The molecule has 0 unspecified atom stereocenters. The lowest BCUT2D eigenvalue weighted by atomic mass is 9.86. The molecule has 0 saturated carbocycles. The number of rotatable bonds is 3. The standard InChI is InChI=1S/C20H18F2N4S/c1-12-9-20(2,26-19(24)27-12)15-7-13(3-5-16(15)21)8-17(22)18-6-4-14(10-23)11-25-18/h3-8,11-12H,9H2,1-2H3,(H2,24,26)/b17-8-/t12-,20-/m0/s1. The molecule has 27 heavy (non-hydrogen) atoms. The zero-order valence-corrected chi connectivity index (χ0v) is 15.7. The summed E-state index contributed by atoms with van der Waals surface area (Å²) in [5, 5.41) is 9.41. The third-order valence-electron chi connectivity index (χ3n) is 4.37. The Morgan fingerprint density at radius 2 is 2.19 bits per heavy atom. The molecule has 1 aromatic heterocycles. The zero-order valence-electron chi connectivity index (χ0n) is 14.9. The normalized spacial score (nSPS) is 22.9. The lowest BCUT2D eigenvalue weighted by Crippen LogP contribution is -2.33. The van der Waals surface area contributed by atoms with Crippen molar-refractivity contribution in [3.8, 4) is 6.07 Å². The molecule has 1 aliphatic rings. The van der Waals surface area contributed by atoms with Gasteiger partial charge in [0.1, 0.15) is 17.7 Å². The van der Waals surface area contributed by atoms with Crippen LogP contribution in [0.4, 0.5) is 8.78 Å². The van der Waals surface area contributed by atoms with E-state index in [9.17, 15) is 8.78 Å². The molecule has 0 bridgehead atoms. The van der Waals surface area contributed by atoms with Crippen molar-refractivity contribution < 1.29 is 8.78 Å². The number of hydrogen-bond donors (Lipinski definition) is 1. The topological polar surface area (TPSA) is 75.1 Å². The minimum absolute atomic E-state index is 0.107. The van der Waals surface area contributed by atoms with E-state index in [1.807, 2.05) is 19.9 Å². The minimum Gasteiger partial charge on any atom is -0.379 e. The molecule has 4 nitrogen and oxygen atoms in total. The van der Waals surface area contributed by atoms with Crippen LogP contribution in [0, 0.1) is 17.1 Å². The zero-order chi connectivity index (χ0) is 19.6. The van der Waals surface area contributed by atoms with Crippen LogP contribution in [0.25, 0.3) is 11.9 Å². The highest BCUT2D eigenvalue weighted by Gasteiger charge is 2.35. The Labute approximate surface area is 160 Å². The Morgan fingerprint density at radius 3 is 2.81 bits per heavy atom. The van der Waals surface area contributed by atoms with Crippen LogP contribution in [0.1, 0.15) is 42.7 Å². The highest BCUT2D eigenvalue weighted by molar-refractivity contribution is 8.14. The number of thioether (sulfide) groups is 1. The Balaban J connectivity index is 1.98. The fourth-order valence-corrected chi connectivity index (χ4v) is 4.23. The van der Waals surface area contributed by atoms with Crippen LogP contribution in [-0.4, -0.2) is 15.4 Å². The second kappa shape index (κ2) is 7.49. The molecule has 7 heteroatoms. The first-order chi connectivity index (χ1) is 12.8. The molecule has 1 aromatic carbocycles. The van der Waals surface area contributed by atoms with Crippen molar-refractivity contribution >= 4 is 28.8 Å². The predicted octanol–water partition coefficient (Wildman–Crippen LogP) is 4.62. The van der Waals surface area contributed by atoms with Crippen molar-refractivity contribution in [1.29, 1.82) is 5.26 Å². The first-order valence-electron chi connectivity index (χ1n) is 8.36. The highest BCUT2D eigenvalue weighted by Crippen LogP contribution is 2.40. The molecule has 0 fully saturated rings. The quantitative estimate of drug-likeness (QED) is 0.838. The maximum atomic E-state index is 14.5. The number of nitrogens with two attached hydrogens (primary N) is 1.